The number of benzene rings is 2. The van der Waals surface area contributed by atoms with Crippen LogP contribution < -0.4 is 4.74 Å². The summed E-state index contributed by atoms with van der Waals surface area (Å²) in [6, 6.07) is 9.27. The van der Waals surface area contributed by atoms with Crippen molar-refractivity contribution in [3.63, 3.8) is 0 Å². The molecule has 0 bridgehead atoms. The van der Waals surface area contributed by atoms with E-state index in [1.165, 1.54) is 19.2 Å². The molecule has 0 amide bonds. The first-order valence-corrected chi connectivity index (χ1v) is 12.1. The van der Waals surface area contributed by atoms with Crippen LogP contribution in [-0.2, 0) is 4.74 Å². The summed E-state index contributed by atoms with van der Waals surface area (Å²) >= 11 is 0. The van der Waals surface area contributed by atoms with Gasteiger partial charge in [0.05, 0.1) is 13.2 Å². The fourth-order valence-electron chi connectivity index (χ4n) is 3.82. The molecule has 0 spiro atoms. The highest BCUT2D eigenvalue weighted by atomic mass is 19.2. The van der Waals surface area contributed by atoms with Gasteiger partial charge >= 0.3 is 0 Å². The monoisotopic (exact) mass is 518 g/mol. The Morgan fingerprint density at radius 3 is 2.11 bits per heavy atom. The zero-order valence-corrected chi connectivity index (χ0v) is 21.3. The standard InChI is InChI=1S/C26H26F4O3.C4H8/c1-15(23(27)24(28)16(2)32-3)14-33-20-10-6-18(7-11-20)22-13-12-21(25(29)26(22)30)17-4-8-19(31)9-5-17;1-3-4-2/h6-7,10-13,17,19,31H,1-2,4-5,8-9,14H2,3H3;3H,1,4H2,2H3/b24-23-;. The van der Waals surface area contributed by atoms with Crippen LogP contribution in [0.15, 0.2) is 85.2 Å². The predicted octanol–water partition coefficient (Wildman–Crippen LogP) is 8.48. The predicted molar refractivity (Wildman–Crippen MR) is 140 cm³/mol. The number of rotatable bonds is 9. The van der Waals surface area contributed by atoms with Gasteiger partial charge in [-0.2, -0.15) is 4.39 Å². The molecule has 200 valence electrons. The minimum Gasteiger partial charge on any atom is -0.494 e. The number of methoxy groups -OCH3 is 1. The summed E-state index contributed by atoms with van der Waals surface area (Å²) in [7, 11) is 1.17. The molecule has 1 aliphatic carbocycles. The van der Waals surface area contributed by atoms with Crippen LogP contribution >= 0.6 is 0 Å². The number of halogens is 4. The van der Waals surface area contributed by atoms with Crippen molar-refractivity contribution in [2.24, 2.45) is 0 Å². The van der Waals surface area contributed by atoms with E-state index >= 15 is 0 Å². The summed E-state index contributed by atoms with van der Waals surface area (Å²) in [6.07, 6.45) is 4.98. The van der Waals surface area contributed by atoms with Gasteiger partial charge in [0, 0.05) is 11.1 Å². The molecular weight excluding hydrogens is 484 g/mol. The molecule has 3 rings (SSSR count). The van der Waals surface area contributed by atoms with E-state index in [0.717, 1.165) is 6.42 Å². The Labute approximate surface area is 216 Å². The van der Waals surface area contributed by atoms with Crippen LogP contribution in [0.3, 0.4) is 0 Å². The van der Waals surface area contributed by atoms with E-state index in [1.54, 1.807) is 24.3 Å². The van der Waals surface area contributed by atoms with Gasteiger partial charge in [-0.3, -0.25) is 0 Å². The SMILES string of the molecule is C=C(COc1ccc(-c2ccc(C3CCC(O)CC3)c(F)c2F)cc1)/C(F)=C(/F)C(=C)OC.C=CCC. The Hall–Kier alpha value is -3.32. The van der Waals surface area contributed by atoms with E-state index in [9.17, 15) is 22.7 Å². The molecule has 37 heavy (non-hydrogen) atoms. The molecule has 2 aromatic rings. The quantitative estimate of drug-likeness (QED) is 0.157. The normalized spacial score (nSPS) is 17.6. The molecular formula is C30H34F4O3. The fourth-order valence-corrected chi connectivity index (χ4v) is 3.82. The second kappa shape index (κ2) is 14.4. The lowest BCUT2D eigenvalue weighted by Gasteiger charge is -2.26. The Balaban J connectivity index is 0.00000112. The first-order chi connectivity index (χ1) is 17.6. The Morgan fingerprint density at radius 2 is 1.57 bits per heavy atom. The van der Waals surface area contributed by atoms with Crippen molar-refractivity contribution in [1.29, 1.82) is 0 Å². The van der Waals surface area contributed by atoms with Gasteiger partial charge in [-0.1, -0.05) is 50.4 Å². The zero-order chi connectivity index (χ0) is 27.5. The lowest BCUT2D eigenvalue weighted by Crippen LogP contribution is -2.18. The number of allylic oxidation sites excluding steroid dienone is 2. The average Bonchev–Trinajstić information content (AvgIpc) is 2.93. The van der Waals surface area contributed by atoms with Crippen molar-refractivity contribution in [2.45, 2.75) is 51.0 Å². The van der Waals surface area contributed by atoms with Crippen LogP contribution in [-0.4, -0.2) is 24.9 Å². The third kappa shape index (κ3) is 8.09. The number of aliphatic hydroxyl groups is 1. The highest BCUT2D eigenvalue weighted by Gasteiger charge is 2.25. The lowest BCUT2D eigenvalue weighted by molar-refractivity contribution is 0.122. The summed E-state index contributed by atoms with van der Waals surface area (Å²) in [4.78, 5) is 0. The van der Waals surface area contributed by atoms with Crippen molar-refractivity contribution in [1.82, 2.24) is 0 Å². The fraction of sp³-hybridized carbons (Fsp3) is 0.333. The molecule has 1 N–H and O–H groups in total. The van der Waals surface area contributed by atoms with Crippen LogP contribution in [0.25, 0.3) is 11.1 Å². The van der Waals surface area contributed by atoms with Gasteiger partial charge in [0.1, 0.15) is 18.1 Å². The molecule has 3 nitrogen and oxygen atoms in total. The maximum Gasteiger partial charge on any atom is 0.200 e. The molecule has 2 aromatic carbocycles. The molecule has 1 saturated carbocycles. The molecule has 0 radical (unpaired) electrons. The Morgan fingerprint density at radius 1 is 0.973 bits per heavy atom. The topological polar surface area (TPSA) is 38.7 Å². The van der Waals surface area contributed by atoms with Crippen LogP contribution in [0, 0.1) is 11.6 Å². The van der Waals surface area contributed by atoms with Gasteiger partial charge in [0.2, 0.25) is 0 Å². The Bertz CT molecular complexity index is 1110. The number of hydrogen-bond acceptors (Lipinski definition) is 3. The Kier molecular flexibility index (Phi) is 11.7. The molecule has 0 saturated heterocycles. The van der Waals surface area contributed by atoms with Gasteiger partial charge < -0.3 is 14.6 Å². The third-order valence-electron chi connectivity index (χ3n) is 6.11. The maximum atomic E-state index is 14.8. The van der Waals surface area contributed by atoms with E-state index in [1.807, 2.05) is 6.08 Å². The van der Waals surface area contributed by atoms with Crippen LogP contribution in [0.5, 0.6) is 5.75 Å². The van der Waals surface area contributed by atoms with Gasteiger partial charge in [-0.15, -0.1) is 6.58 Å². The second-order valence-corrected chi connectivity index (χ2v) is 8.70. The highest BCUT2D eigenvalue weighted by Crippen LogP contribution is 2.37. The molecule has 1 aliphatic rings. The van der Waals surface area contributed by atoms with Crippen molar-refractivity contribution in [2.75, 3.05) is 13.7 Å². The van der Waals surface area contributed by atoms with Crippen molar-refractivity contribution in [3.8, 4) is 16.9 Å². The van der Waals surface area contributed by atoms with Gasteiger partial charge in [0.15, 0.2) is 23.3 Å². The summed E-state index contributed by atoms with van der Waals surface area (Å²) in [5, 5.41) is 9.64. The van der Waals surface area contributed by atoms with Crippen LogP contribution in [0.2, 0.25) is 0 Å². The third-order valence-corrected chi connectivity index (χ3v) is 6.11. The molecule has 0 aromatic heterocycles. The smallest absolute Gasteiger partial charge is 0.200 e. The highest BCUT2D eigenvalue weighted by molar-refractivity contribution is 5.65. The molecule has 0 aliphatic heterocycles. The number of hydrogen-bond donors (Lipinski definition) is 1. The van der Waals surface area contributed by atoms with E-state index in [0.29, 0.717) is 42.6 Å². The van der Waals surface area contributed by atoms with Crippen LogP contribution in [0.1, 0.15) is 50.5 Å². The van der Waals surface area contributed by atoms with Crippen LogP contribution in [0.4, 0.5) is 17.6 Å². The molecule has 7 heteroatoms. The molecule has 1 fully saturated rings. The summed E-state index contributed by atoms with van der Waals surface area (Å²) in [6.45, 7) is 11.9. The minimum absolute atomic E-state index is 0.109. The van der Waals surface area contributed by atoms with E-state index in [4.69, 9.17) is 4.74 Å². The van der Waals surface area contributed by atoms with Gasteiger partial charge in [-0.25, -0.2) is 13.2 Å². The van der Waals surface area contributed by atoms with Crippen molar-refractivity contribution >= 4 is 0 Å². The van der Waals surface area contributed by atoms with E-state index in [2.05, 4.69) is 31.4 Å². The summed E-state index contributed by atoms with van der Waals surface area (Å²) in [5.41, 5.74) is 0.641. The number of ether oxygens (including phenoxy) is 2. The minimum atomic E-state index is -1.26. The van der Waals surface area contributed by atoms with E-state index < -0.39 is 29.0 Å². The first kappa shape index (κ1) is 29.9. The largest absolute Gasteiger partial charge is 0.494 e. The second-order valence-electron chi connectivity index (χ2n) is 8.70. The lowest BCUT2D eigenvalue weighted by atomic mass is 9.82. The number of aliphatic hydroxyl groups excluding tert-OH is 1. The molecule has 0 atom stereocenters. The molecule has 0 unspecified atom stereocenters. The van der Waals surface area contributed by atoms with Gasteiger partial charge in [-0.05, 0) is 61.3 Å². The maximum absolute atomic E-state index is 14.8. The zero-order valence-electron chi connectivity index (χ0n) is 21.3. The van der Waals surface area contributed by atoms with E-state index in [-0.39, 0.29) is 29.8 Å². The van der Waals surface area contributed by atoms with Crippen molar-refractivity contribution in [3.05, 3.63) is 102 Å². The summed E-state index contributed by atoms with van der Waals surface area (Å²) in [5.74, 6) is -4.53. The summed E-state index contributed by atoms with van der Waals surface area (Å²) < 4.78 is 67.3. The van der Waals surface area contributed by atoms with Gasteiger partial charge in [0.25, 0.3) is 0 Å². The van der Waals surface area contributed by atoms with Crippen molar-refractivity contribution < 1.29 is 32.1 Å². The molecule has 0 heterocycles. The average molecular weight is 519 g/mol. The first-order valence-electron chi connectivity index (χ1n) is 12.1.